The zero-order chi connectivity index (χ0) is 14.4. The maximum absolute atomic E-state index is 11.6. The van der Waals surface area contributed by atoms with E-state index >= 15 is 0 Å². The minimum absolute atomic E-state index is 0.0291. The van der Waals surface area contributed by atoms with Crippen molar-refractivity contribution in [3.63, 3.8) is 0 Å². The van der Waals surface area contributed by atoms with Crippen LogP contribution in [0.5, 0.6) is 0 Å². The van der Waals surface area contributed by atoms with E-state index < -0.39 is 18.0 Å². The van der Waals surface area contributed by atoms with Crippen molar-refractivity contribution in [2.24, 2.45) is 11.8 Å². The first kappa shape index (κ1) is 15.3. The lowest BCUT2D eigenvalue weighted by Crippen LogP contribution is -2.48. The molecule has 0 aromatic carbocycles. The molecular formula is C12H21N3O4. The Morgan fingerprint density at radius 3 is 2.58 bits per heavy atom. The molecule has 3 unspecified atom stereocenters. The van der Waals surface area contributed by atoms with Crippen LogP contribution in [0.1, 0.15) is 26.2 Å². The van der Waals surface area contributed by atoms with Crippen molar-refractivity contribution in [3.8, 4) is 0 Å². The van der Waals surface area contributed by atoms with Crippen LogP contribution in [0.2, 0.25) is 0 Å². The Balaban J connectivity index is 2.34. The van der Waals surface area contributed by atoms with Crippen molar-refractivity contribution < 1.29 is 19.5 Å². The van der Waals surface area contributed by atoms with Gasteiger partial charge in [-0.05, 0) is 25.7 Å². The lowest BCUT2D eigenvalue weighted by Gasteiger charge is -2.18. The molecule has 7 heteroatoms. The number of carboxylic acids is 1. The summed E-state index contributed by atoms with van der Waals surface area (Å²) >= 11 is 0. The molecule has 1 fully saturated rings. The highest BCUT2D eigenvalue weighted by Gasteiger charge is 2.32. The molecule has 3 amide bonds. The summed E-state index contributed by atoms with van der Waals surface area (Å²) < 4.78 is 0. The SMILES string of the molecule is CNC(=O)C(C)NC(=O)NCC1CCCC1C(=O)O. The number of aliphatic carboxylic acids is 1. The fraction of sp³-hybridized carbons (Fsp3) is 0.750. The summed E-state index contributed by atoms with van der Waals surface area (Å²) in [4.78, 5) is 33.8. The largest absolute Gasteiger partial charge is 0.481 e. The number of rotatable bonds is 5. The van der Waals surface area contributed by atoms with E-state index in [4.69, 9.17) is 5.11 Å². The number of carboxylic acid groups (broad SMARTS) is 1. The van der Waals surface area contributed by atoms with Gasteiger partial charge in [0.2, 0.25) is 5.91 Å². The van der Waals surface area contributed by atoms with E-state index in [0.717, 1.165) is 12.8 Å². The summed E-state index contributed by atoms with van der Waals surface area (Å²) in [5.41, 5.74) is 0. The second-order valence-corrected chi connectivity index (χ2v) is 4.83. The van der Waals surface area contributed by atoms with E-state index in [9.17, 15) is 14.4 Å². The highest BCUT2D eigenvalue weighted by atomic mass is 16.4. The van der Waals surface area contributed by atoms with Gasteiger partial charge in [0.25, 0.3) is 0 Å². The van der Waals surface area contributed by atoms with Crippen LogP contribution < -0.4 is 16.0 Å². The highest BCUT2D eigenvalue weighted by molar-refractivity contribution is 5.86. The third kappa shape index (κ3) is 4.42. The van der Waals surface area contributed by atoms with Crippen LogP contribution in [-0.4, -0.2) is 42.6 Å². The van der Waals surface area contributed by atoms with Gasteiger partial charge in [-0.15, -0.1) is 0 Å². The highest BCUT2D eigenvalue weighted by Crippen LogP contribution is 2.31. The van der Waals surface area contributed by atoms with Crippen LogP contribution >= 0.6 is 0 Å². The zero-order valence-corrected chi connectivity index (χ0v) is 11.2. The predicted octanol–water partition coefficient (Wildman–Crippen LogP) is -0.0790. The first-order valence-electron chi connectivity index (χ1n) is 6.44. The molecule has 0 bridgehead atoms. The minimum atomic E-state index is -0.802. The van der Waals surface area contributed by atoms with Crippen molar-refractivity contribution in [2.75, 3.05) is 13.6 Å². The van der Waals surface area contributed by atoms with Gasteiger partial charge in [0.1, 0.15) is 6.04 Å². The van der Waals surface area contributed by atoms with E-state index in [1.807, 2.05) is 0 Å². The first-order chi connectivity index (χ1) is 8.95. The van der Waals surface area contributed by atoms with E-state index in [1.54, 1.807) is 6.92 Å². The Hall–Kier alpha value is -1.79. The average molecular weight is 271 g/mol. The number of hydrogen-bond acceptors (Lipinski definition) is 3. The van der Waals surface area contributed by atoms with Crippen LogP contribution in [0, 0.1) is 11.8 Å². The number of urea groups is 1. The molecule has 0 heterocycles. The third-order valence-electron chi connectivity index (χ3n) is 3.49. The van der Waals surface area contributed by atoms with Gasteiger partial charge in [0.15, 0.2) is 0 Å². The van der Waals surface area contributed by atoms with Crippen molar-refractivity contribution in [1.29, 1.82) is 0 Å². The van der Waals surface area contributed by atoms with Crippen LogP contribution in [0.4, 0.5) is 4.79 Å². The Bertz CT molecular complexity index is 359. The lowest BCUT2D eigenvalue weighted by atomic mass is 9.96. The standard InChI is InChI=1S/C12H21N3O4/c1-7(10(16)13-2)15-12(19)14-6-8-4-3-5-9(8)11(17)18/h7-9H,3-6H2,1-2H3,(H,13,16)(H,17,18)(H2,14,15,19). The van der Waals surface area contributed by atoms with Gasteiger partial charge in [0.05, 0.1) is 5.92 Å². The normalized spacial score (nSPS) is 23.5. The second-order valence-electron chi connectivity index (χ2n) is 4.83. The van der Waals surface area contributed by atoms with E-state index in [2.05, 4.69) is 16.0 Å². The van der Waals surface area contributed by atoms with Crippen LogP contribution in [-0.2, 0) is 9.59 Å². The molecule has 19 heavy (non-hydrogen) atoms. The molecule has 3 atom stereocenters. The Morgan fingerprint density at radius 1 is 1.32 bits per heavy atom. The van der Waals surface area contributed by atoms with Crippen molar-refractivity contribution in [2.45, 2.75) is 32.2 Å². The molecule has 0 aliphatic heterocycles. The Labute approximate surface area is 112 Å². The number of amides is 3. The quantitative estimate of drug-likeness (QED) is 0.561. The minimum Gasteiger partial charge on any atom is -0.481 e. The summed E-state index contributed by atoms with van der Waals surface area (Å²) in [7, 11) is 1.49. The molecule has 0 aromatic rings. The molecular weight excluding hydrogens is 250 g/mol. The summed E-state index contributed by atoms with van der Waals surface area (Å²) in [5, 5.41) is 16.6. The lowest BCUT2D eigenvalue weighted by molar-refractivity contribution is -0.142. The smallest absolute Gasteiger partial charge is 0.315 e. The number of nitrogens with one attached hydrogen (secondary N) is 3. The third-order valence-corrected chi connectivity index (χ3v) is 3.49. The summed E-state index contributed by atoms with van der Waals surface area (Å²) in [6, 6.07) is -1.07. The van der Waals surface area contributed by atoms with Crippen molar-refractivity contribution in [3.05, 3.63) is 0 Å². The Kier molecular flexibility index (Phi) is 5.59. The first-order valence-corrected chi connectivity index (χ1v) is 6.44. The summed E-state index contributed by atoms with van der Waals surface area (Å²) in [5.74, 6) is -1.49. The van der Waals surface area contributed by atoms with Gasteiger partial charge < -0.3 is 21.1 Å². The zero-order valence-electron chi connectivity index (χ0n) is 11.2. The van der Waals surface area contributed by atoms with Gasteiger partial charge >= 0.3 is 12.0 Å². The molecule has 1 aliphatic carbocycles. The summed E-state index contributed by atoms with van der Waals surface area (Å²) in [6.45, 7) is 1.90. The molecule has 4 N–H and O–H groups in total. The molecule has 1 rings (SSSR count). The van der Waals surface area contributed by atoms with Crippen molar-refractivity contribution in [1.82, 2.24) is 16.0 Å². The fourth-order valence-electron chi connectivity index (χ4n) is 2.36. The number of hydrogen-bond donors (Lipinski definition) is 4. The molecule has 0 spiro atoms. The van der Waals surface area contributed by atoms with Crippen molar-refractivity contribution >= 4 is 17.9 Å². The van der Waals surface area contributed by atoms with Gasteiger partial charge in [0, 0.05) is 13.6 Å². The molecule has 108 valence electrons. The maximum atomic E-state index is 11.6. The van der Waals surface area contributed by atoms with E-state index in [-0.39, 0.29) is 17.7 Å². The molecule has 1 aliphatic rings. The van der Waals surface area contributed by atoms with Crippen LogP contribution in [0.3, 0.4) is 0 Å². The molecule has 0 saturated heterocycles. The topological polar surface area (TPSA) is 108 Å². The Morgan fingerprint density at radius 2 is 2.00 bits per heavy atom. The van der Waals surface area contributed by atoms with Gasteiger partial charge in [-0.1, -0.05) is 6.42 Å². The van der Waals surface area contributed by atoms with Gasteiger partial charge in [-0.2, -0.15) is 0 Å². The molecule has 7 nitrogen and oxygen atoms in total. The number of carbonyl (C=O) groups is 3. The number of likely N-dealkylation sites (N-methyl/N-ethyl adjacent to an activating group) is 1. The van der Waals surface area contributed by atoms with Gasteiger partial charge in [-0.25, -0.2) is 4.79 Å². The fourth-order valence-corrected chi connectivity index (χ4v) is 2.36. The maximum Gasteiger partial charge on any atom is 0.315 e. The van der Waals surface area contributed by atoms with Gasteiger partial charge in [-0.3, -0.25) is 9.59 Å². The van der Waals surface area contributed by atoms with Crippen LogP contribution in [0.25, 0.3) is 0 Å². The molecule has 1 saturated carbocycles. The predicted molar refractivity (Wildman–Crippen MR) is 68.5 cm³/mol. The number of carbonyl (C=O) groups excluding carboxylic acids is 2. The molecule has 0 aromatic heterocycles. The van der Waals surface area contributed by atoms with E-state index in [1.165, 1.54) is 7.05 Å². The monoisotopic (exact) mass is 271 g/mol. The van der Waals surface area contributed by atoms with Crippen LogP contribution in [0.15, 0.2) is 0 Å². The molecule has 0 radical (unpaired) electrons. The summed E-state index contributed by atoms with van der Waals surface area (Å²) in [6.07, 6.45) is 2.35. The van der Waals surface area contributed by atoms with E-state index in [0.29, 0.717) is 13.0 Å². The second kappa shape index (κ2) is 6.96. The average Bonchev–Trinajstić information content (AvgIpc) is 2.83.